The number of H-pyrrole nitrogens is 1. The zero-order valence-electron chi connectivity index (χ0n) is 23.7. The van der Waals surface area contributed by atoms with Gasteiger partial charge in [-0.3, -0.25) is 14.7 Å². The van der Waals surface area contributed by atoms with Gasteiger partial charge in [0.25, 0.3) is 0 Å². The number of benzene rings is 3. The number of rotatable bonds is 12. The molecule has 0 unspecified atom stereocenters. The van der Waals surface area contributed by atoms with E-state index in [2.05, 4.69) is 27.4 Å². The Morgan fingerprint density at radius 1 is 0.953 bits per heavy atom. The van der Waals surface area contributed by atoms with E-state index in [0.29, 0.717) is 12.3 Å². The molecule has 0 bridgehead atoms. The average Bonchev–Trinajstić information content (AvgIpc) is 3.56. The number of thioether (sulfide) groups is 1. The fourth-order valence-corrected chi connectivity index (χ4v) is 5.88. The molecule has 1 amide bonds. The molecular formula is C32H34N4O6S. The molecule has 43 heavy (non-hydrogen) atoms. The molecule has 1 aliphatic rings. The summed E-state index contributed by atoms with van der Waals surface area (Å²) in [4.78, 5) is 26.9. The molecule has 4 atom stereocenters. The Morgan fingerprint density at radius 3 is 2.42 bits per heavy atom. The van der Waals surface area contributed by atoms with Crippen LogP contribution in [0.5, 0.6) is 0 Å². The van der Waals surface area contributed by atoms with Gasteiger partial charge >= 0.3 is 5.97 Å². The van der Waals surface area contributed by atoms with Crippen molar-refractivity contribution in [2.75, 3.05) is 5.75 Å². The van der Waals surface area contributed by atoms with E-state index >= 15 is 0 Å². The van der Waals surface area contributed by atoms with Gasteiger partial charge in [0.2, 0.25) is 5.91 Å². The number of carbonyl (C=O) groups excluding carboxylic acids is 1. The number of ether oxygens (including phenoxy) is 2. The van der Waals surface area contributed by atoms with Crippen LogP contribution in [0.15, 0.2) is 84.3 Å². The third-order valence-corrected chi connectivity index (χ3v) is 8.36. The monoisotopic (exact) mass is 602 g/mol. The third-order valence-electron chi connectivity index (χ3n) is 7.40. The molecule has 4 aromatic rings. The van der Waals surface area contributed by atoms with Gasteiger partial charge in [-0.05, 0) is 33.9 Å². The van der Waals surface area contributed by atoms with Crippen LogP contribution in [-0.2, 0) is 32.2 Å². The van der Waals surface area contributed by atoms with Crippen molar-refractivity contribution in [3.8, 4) is 11.1 Å². The lowest BCUT2D eigenvalue weighted by molar-refractivity contribution is -0.268. The van der Waals surface area contributed by atoms with Gasteiger partial charge in [-0.15, -0.1) is 0 Å². The van der Waals surface area contributed by atoms with Gasteiger partial charge < -0.3 is 25.0 Å². The van der Waals surface area contributed by atoms with E-state index in [4.69, 9.17) is 14.6 Å². The average molecular weight is 603 g/mol. The Morgan fingerprint density at radius 2 is 1.72 bits per heavy atom. The second-order valence-corrected chi connectivity index (χ2v) is 11.4. The molecule has 1 saturated heterocycles. The molecule has 1 fully saturated rings. The summed E-state index contributed by atoms with van der Waals surface area (Å²) in [6.07, 6.45) is 0.326. The van der Waals surface area contributed by atoms with Crippen molar-refractivity contribution >= 4 is 23.6 Å². The van der Waals surface area contributed by atoms with Crippen LogP contribution in [0.4, 0.5) is 0 Å². The van der Waals surface area contributed by atoms with Crippen LogP contribution in [0.1, 0.15) is 54.4 Å². The van der Waals surface area contributed by atoms with Crippen molar-refractivity contribution in [1.29, 1.82) is 0 Å². The molecule has 0 radical (unpaired) electrons. The minimum absolute atomic E-state index is 0.0137. The normalized spacial score (nSPS) is 20.0. The number of hydrogen-bond donors (Lipinski definition) is 4. The Kier molecular flexibility index (Phi) is 10.2. The number of carboxylic acids is 1. The van der Waals surface area contributed by atoms with Gasteiger partial charge in [0, 0.05) is 30.2 Å². The van der Waals surface area contributed by atoms with Gasteiger partial charge in [0.15, 0.2) is 11.4 Å². The van der Waals surface area contributed by atoms with Gasteiger partial charge in [-0.2, -0.15) is 5.10 Å². The summed E-state index contributed by atoms with van der Waals surface area (Å²) >= 11 is 1.55. The van der Waals surface area contributed by atoms with Crippen molar-refractivity contribution < 1.29 is 29.3 Å². The number of aromatic amines is 1. The first kappa shape index (κ1) is 30.4. The summed E-state index contributed by atoms with van der Waals surface area (Å²) in [5.41, 5.74) is 5.67. The molecule has 1 aliphatic heterocycles. The van der Waals surface area contributed by atoms with Gasteiger partial charge in [0.1, 0.15) is 6.33 Å². The van der Waals surface area contributed by atoms with Crippen LogP contribution in [0.2, 0.25) is 0 Å². The van der Waals surface area contributed by atoms with E-state index < -0.39 is 12.3 Å². The number of hydrogen-bond acceptors (Lipinski definition) is 8. The van der Waals surface area contributed by atoms with Gasteiger partial charge in [-0.25, -0.2) is 4.98 Å². The second kappa shape index (κ2) is 14.4. The quantitative estimate of drug-likeness (QED) is 0.164. The fraction of sp³-hybridized carbons (Fsp3) is 0.312. The smallest absolute Gasteiger partial charge is 0.303 e. The highest BCUT2D eigenvalue weighted by atomic mass is 32.2. The summed E-state index contributed by atoms with van der Waals surface area (Å²) in [6, 6.07) is 23.7. The first-order valence-electron chi connectivity index (χ1n) is 14.1. The fourth-order valence-electron chi connectivity index (χ4n) is 4.94. The minimum Gasteiger partial charge on any atom is -0.481 e. The number of aliphatic carboxylic acids is 1. The summed E-state index contributed by atoms with van der Waals surface area (Å²) < 4.78 is 13.1. The van der Waals surface area contributed by atoms with Crippen LogP contribution in [0, 0.1) is 5.92 Å². The Balaban J connectivity index is 1.30. The molecule has 10 nitrogen and oxygen atoms in total. The largest absolute Gasteiger partial charge is 0.481 e. The van der Waals surface area contributed by atoms with Gasteiger partial charge in [0.05, 0.1) is 25.2 Å². The third kappa shape index (κ3) is 8.08. The Hall–Kier alpha value is -4.03. The number of carbonyl (C=O) groups is 2. The van der Waals surface area contributed by atoms with Crippen LogP contribution in [0.25, 0.3) is 11.1 Å². The molecule has 0 aliphatic carbocycles. The summed E-state index contributed by atoms with van der Waals surface area (Å²) in [5.74, 6) is -0.566. The first-order chi connectivity index (χ1) is 20.9. The van der Waals surface area contributed by atoms with Crippen molar-refractivity contribution in [2.45, 2.75) is 56.6 Å². The Labute approximate surface area is 253 Å². The van der Waals surface area contributed by atoms with E-state index in [1.807, 2.05) is 72.8 Å². The highest BCUT2D eigenvalue weighted by Gasteiger charge is 2.38. The molecule has 224 valence electrons. The number of nitrogens with zero attached hydrogens (tertiary/aromatic N) is 2. The standard InChI is InChI=1S/C32H34N4O6S/c1-20-27(18-43-32-34-19-35-36-32)41-31(42-30(20)24-7-5-21(17-37)6-8-24)25-11-9-23(10-12-25)26-4-2-3-22(15-26)16-33-28(38)13-14-29(39)40/h2-12,15,19-20,27,30-31,37H,13-14,16-18H2,1H3,(H,33,38)(H,39,40)(H,34,35,36)/t20-,27+,30+,31+/m1/s1. The molecule has 1 aromatic heterocycles. The van der Waals surface area contributed by atoms with Crippen molar-refractivity contribution in [3.05, 3.63) is 101 Å². The zero-order valence-corrected chi connectivity index (χ0v) is 24.5. The number of nitrogens with one attached hydrogen (secondary N) is 2. The van der Waals surface area contributed by atoms with E-state index in [9.17, 15) is 14.7 Å². The lowest BCUT2D eigenvalue weighted by Crippen LogP contribution is -2.38. The van der Waals surface area contributed by atoms with E-state index in [1.54, 1.807) is 11.8 Å². The predicted molar refractivity (Wildman–Crippen MR) is 161 cm³/mol. The first-order valence-corrected chi connectivity index (χ1v) is 15.0. The number of carboxylic acid groups (broad SMARTS) is 1. The predicted octanol–water partition coefficient (Wildman–Crippen LogP) is 5.03. The summed E-state index contributed by atoms with van der Waals surface area (Å²) in [6.45, 7) is 2.43. The molecule has 3 aromatic carbocycles. The maximum atomic E-state index is 11.9. The van der Waals surface area contributed by atoms with Crippen molar-refractivity contribution in [3.63, 3.8) is 0 Å². The van der Waals surface area contributed by atoms with Crippen LogP contribution < -0.4 is 5.32 Å². The van der Waals surface area contributed by atoms with Crippen molar-refractivity contribution in [2.24, 2.45) is 5.92 Å². The molecule has 2 heterocycles. The SMILES string of the molecule is C[C@@H]1[C@H](CSc2ncn[nH]2)O[C@H](c2ccc(-c3cccc(CNC(=O)CCC(=O)O)c3)cc2)O[C@@H]1c1ccc(CO)cc1. The van der Waals surface area contributed by atoms with E-state index in [0.717, 1.165) is 38.5 Å². The summed E-state index contributed by atoms with van der Waals surface area (Å²) in [7, 11) is 0. The molecule has 5 rings (SSSR count). The topological polar surface area (TPSA) is 147 Å². The maximum Gasteiger partial charge on any atom is 0.303 e. The van der Waals surface area contributed by atoms with Crippen molar-refractivity contribution in [1.82, 2.24) is 20.5 Å². The van der Waals surface area contributed by atoms with Crippen LogP contribution in [-0.4, -0.2) is 49.1 Å². The maximum absolute atomic E-state index is 11.9. The van der Waals surface area contributed by atoms with Crippen LogP contribution in [0.3, 0.4) is 0 Å². The van der Waals surface area contributed by atoms with E-state index in [1.165, 1.54) is 6.33 Å². The lowest BCUT2D eigenvalue weighted by atomic mass is 9.91. The van der Waals surface area contributed by atoms with E-state index in [-0.39, 0.29) is 43.5 Å². The lowest BCUT2D eigenvalue weighted by Gasteiger charge is -2.41. The molecule has 11 heteroatoms. The number of aliphatic hydroxyl groups is 1. The second-order valence-electron chi connectivity index (χ2n) is 10.4. The minimum atomic E-state index is -0.993. The molecule has 4 N–H and O–H groups in total. The number of amides is 1. The number of aliphatic hydroxyl groups excluding tert-OH is 1. The summed E-state index contributed by atoms with van der Waals surface area (Å²) in [5, 5.41) is 28.6. The number of aromatic nitrogens is 3. The molecular weight excluding hydrogens is 568 g/mol. The van der Waals surface area contributed by atoms with Crippen LogP contribution >= 0.6 is 11.8 Å². The molecule has 0 spiro atoms. The highest BCUT2D eigenvalue weighted by Crippen LogP contribution is 2.43. The molecule has 0 saturated carbocycles. The van der Waals surface area contributed by atoms with Gasteiger partial charge in [-0.1, -0.05) is 85.4 Å². The Bertz CT molecular complexity index is 1500. The zero-order chi connectivity index (χ0) is 30.2. The highest BCUT2D eigenvalue weighted by molar-refractivity contribution is 7.99.